The maximum absolute atomic E-state index is 12.8. The minimum Gasteiger partial charge on any atom is -0.491 e. The molecule has 2 aromatic heterocycles. The number of ether oxygens (including phenoxy) is 3. The Bertz CT molecular complexity index is 1290. The topological polar surface area (TPSA) is 143 Å². The van der Waals surface area contributed by atoms with E-state index in [-0.39, 0.29) is 24.9 Å². The molecule has 0 aliphatic carbocycles. The van der Waals surface area contributed by atoms with E-state index in [9.17, 15) is 14.7 Å². The van der Waals surface area contributed by atoms with E-state index in [0.717, 1.165) is 10.9 Å². The minimum atomic E-state index is -1.39. The maximum Gasteiger partial charge on any atom is 0.345 e. The number of aliphatic hydroxyl groups is 1. The Kier molecular flexibility index (Phi) is 6.90. The molecule has 0 saturated carbocycles. The van der Waals surface area contributed by atoms with E-state index < -0.39 is 17.3 Å². The lowest BCUT2D eigenvalue weighted by Gasteiger charge is -2.13. The second-order valence-electron chi connectivity index (χ2n) is 7.38. The number of hydrogen-bond donors (Lipinski definition) is 4. The van der Waals surface area contributed by atoms with Crippen molar-refractivity contribution in [2.75, 3.05) is 31.7 Å². The van der Waals surface area contributed by atoms with Crippen molar-refractivity contribution in [3.8, 4) is 5.75 Å². The van der Waals surface area contributed by atoms with Gasteiger partial charge in [-0.3, -0.25) is 4.79 Å². The number of ketones is 1. The molecule has 0 amide bonds. The average molecular weight is 465 g/mol. The third-order valence-electron chi connectivity index (χ3n) is 5.05. The van der Waals surface area contributed by atoms with Crippen LogP contribution < -0.4 is 10.1 Å². The number of rotatable bonds is 10. The van der Waals surface area contributed by atoms with Gasteiger partial charge in [0.15, 0.2) is 11.3 Å². The third kappa shape index (κ3) is 4.92. The minimum absolute atomic E-state index is 0.0475. The van der Waals surface area contributed by atoms with Crippen LogP contribution in [0.5, 0.6) is 5.75 Å². The molecule has 10 nitrogen and oxygen atoms in total. The van der Waals surface area contributed by atoms with Crippen LogP contribution in [0.25, 0.3) is 17.1 Å². The number of Topliss-reactive ketones (excluding diaryl/α,β-unsaturated/α-hetero) is 1. The Morgan fingerprint density at radius 1 is 1.26 bits per heavy atom. The summed E-state index contributed by atoms with van der Waals surface area (Å²) >= 11 is 0. The lowest BCUT2D eigenvalue weighted by molar-refractivity contribution is -0.134. The zero-order valence-corrected chi connectivity index (χ0v) is 18.3. The predicted octanol–water partition coefficient (Wildman–Crippen LogP) is 2.61. The fraction of sp³-hybridized carbons (Fsp3) is 0.208. The van der Waals surface area contributed by atoms with Gasteiger partial charge in [-0.05, 0) is 48.9 Å². The Hall–Kier alpha value is -4.15. The third-order valence-corrected chi connectivity index (χ3v) is 5.05. The average Bonchev–Trinajstić information content (AvgIpc) is 3.36. The summed E-state index contributed by atoms with van der Waals surface area (Å²) < 4.78 is 16.4. The van der Waals surface area contributed by atoms with Crippen LogP contribution in [-0.2, 0) is 19.1 Å². The number of H-pyrrole nitrogens is 1. The van der Waals surface area contributed by atoms with E-state index >= 15 is 0 Å². The van der Waals surface area contributed by atoms with Gasteiger partial charge in [0.2, 0.25) is 11.7 Å². The Morgan fingerprint density at radius 2 is 2.12 bits per heavy atom. The molecule has 0 radical (unpaired) electrons. The number of carbonyl (C=O) groups excluding carboxylic acids is 1. The molecular formula is C24H23N3O7. The van der Waals surface area contributed by atoms with Crippen LogP contribution in [0.1, 0.15) is 11.1 Å². The van der Waals surface area contributed by atoms with Gasteiger partial charge in [0, 0.05) is 29.0 Å². The number of carboxylic acids is 1. The molecule has 0 saturated heterocycles. The van der Waals surface area contributed by atoms with Crippen molar-refractivity contribution >= 4 is 34.5 Å². The molecule has 0 fully saturated rings. The van der Waals surface area contributed by atoms with E-state index in [1.54, 1.807) is 36.7 Å². The number of fused-ring (bicyclic) bond motifs is 1. The summed E-state index contributed by atoms with van der Waals surface area (Å²) in [6.45, 7) is 2.67. The number of nitrogens with zero attached hydrogens (tertiary/aromatic N) is 1. The van der Waals surface area contributed by atoms with E-state index in [1.165, 1.54) is 6.08 Å². The van der Waals surface area contributed by atoms with E-state index in [0.29, 0.717) is 35.9 Å². The van der Waals surface area contributed by atoms with Crippen molar-refractivity contribution in [3.63, 3.8) is 0 Å². The Labute approximate surface area is 194 Å². The molecular weight excluding hydrogens is 442 g/mol. The van der Waals surface area contributed by atoms with Crippen molar-refractivity contribution < 1.29 is 34.0 Å². The van der Waals surface area contributed by atoms with Crippen LogP contribution in [0, 0.1) is 6.92 Å². The Morgan fingerprint density at radius 3 is 2.88 bits per heavy atom. The molecule has 1 aromatic carbocycles. The molecule has 1 aliphatic heterocycles. The van der Waals surface area contributed by atoms with E-state index in [4.69, 9.17) is 19.3 Å². The molecule has 1 aliphatic rings. The number of hydrogen-bond acceptors (Lipinski definition) is 8. The first-order valence-corrected chi connectivity index (χ1v) is 10.5. The van der Waals surface area contributed by atoms with Gasteiger partial charge in [-0.15, -0.1) is 0 Å². The van der Waals surface area contributed by atoms with Gasteiger partial charge in [0.25, 0.3) is 0 Å². The summed E-state index contributed by atoms with van der Waals surface area (Å²) in [7, 11) is 0. The molecule has 4 N–H and O–H groups in total. The van der Waals surface area contributed by atoms with Gasteiger partial charge in [-0.25, -0.2) is 9.78 Å². The standard InChI is InChI=1S/C24H23N3O7/c1-14-11-16(33-10-9-32-8-7-28)4-5-18(14)27-23-20(24(30)31)21(29)19(34-23)12-15-13-26-22-17(15)3-2-6-25-22/h2-6,11-13,27-28H,7-10H2,1H3,(H,25,26)(H,30,31). The molecule has 10 heteroatoms. The van der Waals surface area contributed by atoms with Gasteiger partial charge >= 0.3 is 5.97 Å². The first-order chi connectivity index (χ1) is 16.5. The number of nitrogens with one attached hydrogen (secondary N) is 2. The molecule has 34 heavy (non-hydrogen) atoms. The number of carboxylic acid groups (broad SMARTS) is 1. The lowest BCUT2D eigenvalue weighted by atomic mass is 10.1. The van der Waals surface area contributed by atoms with E-state index in [2.05, 4.69) is 15.3 Å². The number of carbonyl (C=O) groups is 2. The Balaban J connectivity index is 1.51. The maximum atomic E-state index is 12.8. The highest BCUT2D eigenvalue weighted by atomic mass is 16.5. The molecule has 3 aromatic rings. The summed E-state index contributed by atoms with van der Waals surface area (Å²) in [5.41, 5.74) is 2.12. The SMILES string of the molecule is Cc1cc(OCCOCCO)ccc1NC1=C(C(=O)O)C(=O)C(=Cc2c[nH]c3ncccc23)O1. The van der Waals surface area contributed by atoms with E-state index in [1.807, 2.05) is 13.0 Å². The predicted molar refractivity (Wildman–Crippen MR) is 123 cm³/mol. The number of allylic oxidation sites excluding steroid dienone is 1. The quantitative estimate of drug-likeness (QED) is 0.202. The summed E-state index contributed by atoms with van der Waals surface area (Å²) in [5, 5.41) is 22.0. The number of aromatic amines is 1. The largest absolute Gasteiger partial charge is 0.491 e. The molecule has 0 spiro atoms. The smallest absolute Gasteiger partial charge is 0.345 e. The van der Waals surface area contributed by atoms with Crippen LogP contribution in [0.2, 0.25) is 0 Å². The second kappa shape index (κ2) is 10.2. The second-order valence-corrected chi connectivity index (χ2v) is 7.38. The van der Waals surface area contributed by atoms with Crippen LogP contribution in [0.3, 0.4) is 0 Å². The highest BCUT2D eigenvalue weighted by Gasteiger charge is 2.36. The van der Waals surface area contributed by atoms with Crippen LogP contribution in [0.4, 0.5) is 5.69 Å². The molecule has 176 valence electrons. The number of anilines is 1. The van der Waals surface area contributed by atoms with Crippen molar-refractivity contribution in [1.29, 1.82) is 0 Å². The van der Waals surface area contributed by atoms with Gasteiger partial charge in [-0.1, -0.05) is 0 Å². The number of pyridine rings is 1. The van der Waals surface area contributed by atoms with Crippen LogP contribution in [0.15, 0.2) is 59.9 Å². The van der Waals surface area contributed by atoms with Gasteiger partial charge in [-0.2, -0.15) is 0 Å². The zero-order valence-electron chi connectivity index (χ0n) is 18.3. The number of benzene rings is 1. The van der Waals surface area contributed by atoms with Gasteiger partial charge in [0.05, 0.1) is 19.8 Å². The molecule has 4 rings (SSSR count). The molecule has 0 bridgehead atoms. The number of aliphatic hydroxyl groups excluding tert-OH is 1. The first-order valence-electron chi connectivity index (χ1n) is 10.5. The fourth-order valence-corrected chi connectivity index (χ4v) is 3.42. The monoisotopic (exact) mass is 465 g/mol. The molecule has 0 atom stereocenters. The van der Waals surface area contributed by atoms with Crippen molar-refractivity contribution in [3.05, 3.63) is 71.1 Å². The highest BCUT2D eigenvalue weighted by Crippen LogP contribution is 2.31. The van der Waals surface area contributed by atoms with Crippen molar-refractivity contribution in [2.24, 2.45) is 0 Å². The first kappa shape index (κ1) is 23.0. The normalized spacial score (nSPS) is 14.6. The lowest BCUT2D eigenvalue weighted by Crippen LogP contribution is -2.12. The van der Waals surface area contributed by atoms with Crippen LogP contribution in [-0.4, -0.2) is 58.4 Å². The number of aryl methyl sites for hydroxylation is 1. The fourth-order valence-electron chi connectivity index (χ4n) is 3.42. The number of aliphatic carboxylic acids is 1. The molecule has 3 heterocycles. The highest BCUT2D eigenvalue weighted by molar-refractivity contribution is 6.26. The number of aromatic nitrogens is 2. The van der Waals surface area contributed by atoms with Crippen molar-refractivity contribution in [1.82, 2.24) is 9.97 Å². The van der Waals surface area contributed by atoms with Gasteiger partial charge in [0.1, 0.15) is 18.0 Å². The molecule has 0 unspecified atom stereocenters. The van der Waals surface area contributed by atoms with Crippen molar-refractivity contribution in [2.45, 2.75) is 6.92 Å². The van der Waals surface area contributed by atoms with Crippen LogP contribution >= 0.6 is 0 Å². The summed E-state index contributed by atoms with van der Waals surface area (Å²) in [5.74, 6) is -1.79. The summed E-state index contributed by atoms with van der Waals surface area (Å²) in [6.07, 6.45) is 4.80. The zero-order chi connectivity index (χ0) is 24.1. The summed E-state index contributed by atoms with van der Waals surface area (Å²) in [6, 6.07) is 8.77. The summed E-state index contributed by atoms with van der Waals surface area (Å²) in [4.78, 5) is 31.8. The van der Waals surface area contributed by atoms with Gasteiger partial charge < -0.3 is 34.7 Å².